The highest BCUT2D eigenvalue weighted by atomic mass is 15.2. The number of rotatable bonds is 6. The number of hydrogen-bond acceptors (Lipinski definition) is 2. The SMILES string of the molecule is CC1(C)C2=C(CCCC2)C2CCC(N(C3=CC4C(CC3)C3CCCCC3C43c4cccc(N(c5ccccc5)C5CCCCC5)c4C4CCCCC43)C3C=CCCC3)CC21. The van der Waals surface area contributed by atoms with E-state index in [9.17, 15) is 0 Å². The molecule has 60 heavy (non-hydrogen) atoms. The Morgan fingerprint density at radius 3 is 2.23 bits per heavy atom. The van der Waals surface area contributed by atoms with Gasteiger partial charge in [0.25, 0.3) is 0 Å². The monoisotopic (exact) mass is 803 g/mol. The third-order valence-electron chi connectivity index (χ3n) is 20.4. The predicted octanol–water partition coefficient (Wildman–Crippen LogP) is 15.5. The summed E-state index contributed by atoms with van der Waals surface area (Å²) in [6.07, 6.45) is 43.6. The predicted molar refractivity (Wildman–Crippen MR) is 251 cm³/mol. The molecule has 10 aliphatic rings. The molecule has 0 saturated heterocycles. The summed E-state index contributed by atoms with van der Waals surface area (Å²) in [5, 5.41) is 0. The topological polar surface area (TPSA) is 6.48 Å². The van der Waals surface area contributed by atoms with Crippen molar-refractivity contribution in [1.29, 1.82) is 0 Å². The van der Waals surface area contributed by atoms with Gasteiger partial charge >= 0.3 is 0 Å². The molecule has 2 aromatic carbocycles. The molecule has 10 aliphatic carbocycles. The maximum Gasteiger partial charge on any atom is 0.0473 e. The zero-order chi connectivity index (χ0) is 40.0. The fraction of sp³-hybridized carbons (Fsp3) is 0.690. The molecule has 0 radical (unpaired) electrons. The fourth-order valence-corrected chi connectivity index (χ4v) is 18.4. The summed E-state index contributed by atoms with van der Waals surface area (Å²) < 4.78 is 0. The normalized spacial score (nSPS) is 39.3. The lowest BCUT2D eigenvalue weighted by Crippen LogP contribution is -2.49. The van der Waals surface area contributed by atoms with Gasteiger partial charge in [0.05, 0.1) is 0 Å². The summed E-state index contributed by atoms with van der Waals surface area (Å²) in [4.78, 5) is 6.11. The van der Waals surface area contributed by atoms with Gasteiger partial charge in [-0.1, -0.05) is 118 Å². The smallest absolute Gasteiger partial charge is 0.0473 e. The molecule has 0 aliphatic heterocycles. The molecular weight excluding hydrogens is 725 g/mol. The van der Waals surface area contributed by atoms with Crippen LogP contribution in [0.15, 0.2) is 83.6 Å². The Labute approximate surface area is 365 Å². The van der Waals surface area contributed by atoms with Crippen LogP contribution in [0.2, 0.25) is 0 Å². The van der Waals surface area contributed by atoms with E-state index in [1.54, 1.807) is 5.69 Å². The standard InChI is InChI=1S/C58H78N2/c1-57(2)49-28-15-12-25-44(49)46-35-33-42(37-53(46)57)59(39-19-6-3-7-20-39)43-34-36-47-45-26-13-16-29-50(45)58(54(47)38-43)51-30-17-14-27-48(51)56-52(58)31-18-32-55(56)60(40-21-8-4-9-22-40)41-23-10-5-11-24-41/h4,6,8-9,18-19,21-22,31-32,38-39,41-42,45-48,50-51,53-54H,3,5,7,10-17,20,23-30,33-37H2,1-2H3. The van der Waals surface area contributed by atoms with Gasteiger partial charge in [-0.05, 0) is 198 Å². The minimum absolute atomic E-state index is 0.301. The molecule has 5 fully saturated rings. The van der Waals surface area contributed by atoms with Crippen molar-refractivity contribution >= 4 is 11.4 Å². The lowest BCUT2D eigenvalue weighted by atomic mass is 9.56. The van der Waals surface area contributed by atoms with E-state index >= 15 is 0 Å². The molecular formula is C58H78N2. The number of para-hydroxylation sites is 1. The van der Waals surface area contributed by atoms with E-state index < -0.39 is 0 Å². The zero-order valence-corrected chi connectivity index (χ0v) is 37.8. The average Bonchev–Trinajstić information content (AvgIpc) is 3.86. The minimum atomic E-state index is 0.301. The van der Waals surface area contributed by atoms with Crippen LogP contribution in [0.4, 0.5) is 11.4 Å². The fourth-order valence-electron chi connectivity index (χ4n) is 18.4. The van der Waals surface area contributed by atoms with E-state index in [0.29, 0.717) is 34.9 Å². The van der Waals surface area contributed by atoms with Crippen molar-refractivity contribution in [2.24, 2.45) is 46.8 Å². The maximum atomic E-state index is 3.19. The molecule has 5 saturated carbocycles. The second-order valence-corrected chi connectivity index (χ2v) is 23.1. The van der Waals surface area contributed by atoms with Crippen molar-refractivity contribution in [3.8, 4) is 0 Å². The molecule has 2 heteroatoms. The number of fused-ring (bicyclic) bond motifs is 12. The van der Waals surface area contributed by atoms with Gasteiger partial charge in [0.15, 0.2) is 0 Å². The molecule has 0 amide bonds. The van der Waals surface area contributed by atoms with Gasteiger partial charge in [0, 0.05) is 40.6 Å². The molecule has 11 unspecified atom stereocenters. The number of benzene rings is 2. The molecule has 320 valence electrons. The van der Waals surface area contributed by atoms with Crippen LogP contribution in [0.5, 0.6) is 0 Å². The Kier molecular flexibility index (Phi) is 10.1. The average molecular weight is 803 g/mol. The van der Waals surface area contributed by atoms with E-state index in [4.69, 9.17) is 0 Å². The third-order valence-corrected chi connectivity index (χ3v) is 20.4. The van der Waals surface area contributed by atoms with Gasteiger partial charge in [0.1, 0.15) is 0 Å². The molecule has 2 aromatic rings. The number of hydrogen-bond donors (Lipinski definition) is 0. The van der Waals surface area contributed by atoms with Gasteiger partial charge in [-0.15, -0.1) is 0 Å². The van der Waals surface area contributed by atoms with Crippen molar-refractivity contribution in [2.75, 3.05) is 4.90 Å². The van der Waals surface area contributed by atoms with Crippen LogP contribution in [0, 0.1) is 46.8 Å². The highest BCUT2D eigenvalue weighted by molar-refractivity contribution is 5.72. The first kappa shape index (κ1) is 38.9. The van der Waals surface area contributed by atoms with Crippen molar-refractivity contribution in [3.63, 3.8) is 0 Å². The quantitative estimate of drug-likeness (QED) is 0.269. The second-order valence-electron chi connectivity index (χ2n) is 23.1. The molecule has 11 atom stereocenters. The van der Waals surface area contributed by atoms with Crippen molar-refractivity contribution in [1.82, 2.24) is 4.90 Å². The van der Waals surface area contributed by atoms with E-state index in [1.807, 2.05) is 28.0 Å². The Hall–Kier alpha value is -2.74. The Balaban J connectivity index is 0.988. The molecule has 0 bridgehead atoms. The Morgan fingerprint density at radius 1 is 0.583 bits per heavy atom. The van der Waals surface area contributed by atoms with Crippen LogP contribution in [0.3, 0.4) is 0 Å². The van der Waals surface area contributed by atoms with Crippen molar-refractivity contribution in [2.45, 2.75) is 204 Å². The van der Waals surface area contributed by atoms with E-state index in [1.165, 1.54) is 166 Å². The second kappa shape index (κ2) is 15.5. The Bertz CT molecular complexity index is 1990. The first-order valence-electron chi connectivity index (χ1n) is 26.4. The van der Waals surface area contributed by atoms with Crippen LogP contribution in [0.25, 0.3) is 0 Å². The van der Waals surface area contributed by atoms with Gasteiger partial charge in [0.2, 0.25) is 0 Å². The van der Waals surface area contributed by atoms with Crippen molar-refractivity contribution in [3.05, 3.63) is 94.7 Å². The summed E-state index contributed by atoms with van der Waals surface area (Å²) in [6.45, 7) is 5.36. The number of anilines is 2. The minimum Gasteiger partial charge on any atom is -0.366 e. The van der Waals surface area contributed by atoms with Crippen LogP contribution in [-0.2, 0) is 5.41 Å². The summed E-state index contributed by atoms with van der Waals surface area (Å²) in [5.41, 5.74) is 13.1. The molecule has 0 N–H and O–H groups in total. The number of allylic oxidation sites excluding steroid dienone is 5. The molecule has 2 nitrogen and oxygen atoms in total. The van der Waals surface area contributed by atoms with Crippen molar-refractivity contribution < 1.29 is 0 Å². The lowest BCUT2D eigenvalue weighted by Gasteiger charge is -2.51. The Morgan fingerprint density at radius 2 is 1.38 bits per heavy atom. The van der Waals surface area contributed by atoms with E-state index in [-0.39, 0.29) is 0 Å². The highest BCUT2D eigenvalue weighted by Crippen LogP contribution is 2.74. The van der Waals surface area contributed by atoms with Gasteiger partial charge < -0.3 is 9.80 Å². The molecule has 1 spiro atoms. The lowest BCUT2D eigenvalue weighted by molar-refractivity contribution is 0.0684. The largest absolute Gasteiger partial charge is 0.366 e. The van der Waals surface area contributed by atoms with Crippen LogP contribution >= 0.6 is 0 Å². The summed E-state index contributed by atoms with van der Waals surface area (Å²) in [6, 6.07) is 21.6. The first-order valence-corrected chi connectivity index (χ1v) is 26.4. The third kappa shape index (κ3) is 5.89. The van der Waals surface area contributed by atoms with E-state index in [0.717, 1.165) is 41.4 Å². The molecule has 12 rings (SSSR count). The van der Waals surface area contributed by atoms with Crippen LogP contribution in [-0.4, -0.2) is 23.0 Å². The summed E-state index contributed by atoms with van der Waals surface area (Å²) in [7, 11) is 0. The molecule has 0 aromatic heterocycles. The van der Waals surface area contributed by atoms with Gasteiger partial charge in [-0.25, -0.2) is 0 Å². The van der Waals surface area contributed by atoms with Crippen LogP contribution < -0.4 is 4.90 Å². The molecule has 0 heterocycles. The zero-order valence-electron chi connectivity index (χ0n) is 37.8. The van der Waals surface area contributed by atoms with Gasteiger partial charge in [-0.2, -0.15) is 0 Å². The number of nitrogens with zero attached hydrogens (tertiary/aromatic N) is 2. The van der Waals surface area contributed by atoms with E-state index in [2.05, 4.69) is 90.4 Å². The van der Waals surface area contributed by atoms with Gasteiger partial charge in [-0.3, -0.25) is 0 Å². The van der Waals surface area contributed by atoms with Crippen LogP contribution in [0.1, 0.15) is 191 Å². The summed E-state index contributed by atoms with van der Waals surface area (Å²) in [5.74, 6) is 6.56. The summed E-state index contributed by atoms with van der Waals surface area (Å²) >= 11 is 0. The highest BCUT2D eigenvalue weighted by Gasteiger charge is 2.68. The first-order chi connectivity index (χ1) is 29.5. The maximum absolute atomic E-state index is 3.19.